The molecule has 0 bridgehead atoms. The second-order valence-corrected chi connectivity index (χ2v) is 7.10. The summed E-state index contributed by atoms with van der Waals surface area (Å²) in [5.41, 5.74) is 4.24. The molecule has 1 heterocycles. The molecule has 28 heavy (non-hydrogen) atoms. The Labute approximate surface area is 169 Å². The van der Waals surface area contributed by atoms with Crippen molar-refractivity contribution in [2.24, 2.45) is 7.05 Å². The predicted molar refractivity (Wildman–Crippen MR) is 119 cm³/mol. The van der Waals surface area contributed by atoms with Gasteiger partial charge in [0, 0.05) is 37.1 Å². The zero-order valence-corrected chi connectivity index (χ0v) is 17.0. The zero-order valence-electron chi connectivity index (χ0n) is 16.2. The number of hydrogen-bond donors (Lipinski definition) is 2. The molecule has 5 nitrogen and oxygen atoms in total. The molecule has 2 aromatic carbocycles. The molecule has 0 spiro atoms. The molecular formula is C22H23N3O2S. The van der Waals surface area contributed by atoms with Crippen molar-refractivity contribution in [3.8, 4) is 22.6 Å². The highest BCUT2D eigenvalue weighted by Crippen LogP contribution is 2.36. The highest BCUT2D eigenvalue weighted by molar-refractivity contribution is 8.03. The van der Waals surface area contributed by atoms with Crippen molar-refractivity contribution in [2.75, 3.05) is 17.1 Å². The Bertz CT molecular complexity index is 1060. The average Bonchev–Trinajstić information content (AvgIpc) is 2.69. The number of aromatic nitrogens is 1. The van der Waals surface area contributed by atoms with Crippen LogP contribution in [0.2, 0.25) is 0 Å². The maximum absolute atomic E-state index is 12.2. The number of anilines is 2. The van der Waals surface area contributed by atoms with Gasteiger partial charge in [-0.05, 0) is 66.2 Å². The van der Waals surface area contributed by atoms with Crippen LogP contribution in [0.15, 0.2) is 71.5 Å². The topological polar surface area (TPSA) is 55.3 Å². The van der Waals surface area contributed by atoms with Crippen LogP contribution in [0.1, 0.15) is 5.56 Å². The van der Waals surface area contributed by atoms with Crippen molar-refractivity contribution in [1.82, 2.24) is 4.57 Å². The van der Waals surface area contributed by atoms with Crippen LogP contribution < -0.4 is 20.3 Å². The summed E-state index contributed by atoms with van der Waals surface area (Å²) in [6.45, 7) is 5.74. The third-order valence-electron chi connectivity index (χ3n) is 4.22. The van der Waals surface area contributed by atoms with Gasteiger partial charge in [-0.15, -0.1) is 0 Å². The number of benzene rings is 2. The van der Waals surface area contributed by atoms with E-state index in [4.69, 9.17) is 4.74 Å². The summed E-state index contributed by atoms with van der Waals surface area (Å²) in [7, 11) is 3.48. The van der Waals surface area contributed by atoms with E-state index in [1.807, 2.05) is 61.7 Å². The van der Waals surface area contributed by atoms with Gasteiger partial charge in [0.1, 0.15) is 17.2 Å². The van der Waals surface area contributed by atoms with Crippen LogP contribution in [0.3, 0.4) is 0 Å². The van der Waals surface area contributed by atoms with Crippen molar-refractivity contribution >= 4 is 23.3 Å². The number of rotatable bonds is 7. The van der Waals surface area contributed by atoms with Crippen molar-refractivity contribution in [3.05, 3.63) is 82.6 Å². The van der Waals surface area contributed by atoms with E-state index >= 15 is 0 Å². The minimum atomic E-state index is -0.0797. The Morgan fingerprint density at radius 2 is 2.00 bits per heavy atom. The zero-order chi connectivity index (χ0) is 20.1. The number of pyridine rings is 1. The lowest BCUT2D eigenvalue weighted by molar-refractivity contribution is 0.484. The highest BCUT2D eigenvalue weighted by atomic mass is 32.2. The third kappa shape index (κ3) is 4.40. The molecule has 0 saturated carbocycles. The summed E-state index contributed by atoms with van der Waals surface area (Å²) in [6, 6.07) is 15.6. The van der Waals surface area contributed by atoms with Crippen molar-refractivity contribution in [3.63, 3.8) is 0 Å². The maximum Gasteiger partial charge on any atom is 0.273 e. The molecule has 0 aliphatic rings. The molecule has 6 heteroatoms. The summed E-state index contributed by atoms with van der Waals surface area (Å²) in [6.07, 6.45) is 1.81. The molecule has 0 fully saturated rings. The van der Waals surface area contributed by atoms with Crippen LogP contribution in [0.4, 0.5) is 11.4 Å². The molecule has 3 aromatic rings. The summed E-state index contributed by atoms with van der Waals surface area (Å²) < 4.78 is 11.0. The minimum absolute atomic E-state index is 0.0797. The third-order valence-corrected chi connectivity index (χ3v) is 4.74. The Morgan fingerprint density at radius 1 is 1.18 bits per heavy atom. The summed E-state index contributed by atoms with van der Waals surface area (Å²) in [5.74, 6) is 1.47. The maximum atomic E-state index is 12.2. The van der Waals surface area contributed by atoms with Crippen molar-refractivity contribution in [1.29, 1.82) is 0 Å². The van der Waals surface area contributed by atoms with Gasteiger partial charge in [-0.25, -0.2) is 0 Å². The van der Waals surface area contributed by atoms with E-state index in [9.17, 15) is 4.79 Å². The number of ether oxygens (including phenoxy) is 1. The molecule has 144 valence electrons. The average molecular weight is 394 g/mol. The van der Waals surface area contributed by atoms with Crippen LogP contribution in [0, 0.1) is 6.92 Å². The lowest BCUT2D eigenvalue weighted by atomic mass is 10.0. The van der Waals surface area contributed by atoms with Gasteiger partial charge < -0.3 is 19.3 Å². The fraction of sp³-hybridized carbons (Fsp3) is 0.136. The number of hydrogen-bond acceptors (Lipinski definition) is 5. The molecule has 0 saturated heterocycles. The molecule has 0 aliphatic heterocycles. The van der Waals surface area contributed by atoms with Crippen LogP contribution in [0.25, 0.3) is 11.1 Å². The summed E-state index contributed by atoms with van der Waals surface area (Å²) in [4.78, 5) is 12.2. The molecule has 0 amide bonds. The van der Waals surface area contributed by atoms with E-state index in [0.29, 0.717) is 11.4 Å². The van der Waals surface area contributed by atoms with Crippen LogP contribution in [-0.4, -0.2) is 11.6 Å². The monoisotopic (exact) mass is 393 g/mol. The molecule has 2 N–H and O–H groups in total. The highest BCUT2D eigenvalue weighted by Gasteiger charge is 2.13. The molecule has 0 radical (unpaired) electrons. The van der Waals surface area contributed by atoms with Crippen LogP contribution in [-0.2, 0) is 7.05 Å². The first-order chi connectivity index (χ1) is 13.5. The molecule has 0 atom stereocenters. The Morgan fingerprint density at radius 3 is 2.71 bits per heavy atom. The molecule has 0 aliphatic carbocycles. The van der Waals surface area contributed by atoms with Gasteiger partial charge in [-0.1, -0.05) is 18.7 Å². The Balaban J connectivity index is 2.11. The first-order valence-corrected chi connectivity index (χ1v) is 9.69. The molecule has 0 unspecified atom stereocenters. The molecule has 3 rings (SSSR count). The van der Waals surface area contributed by atoms with Crippen LogP contribution >= 0.6 is 11.9 Å². The Kier molecular flexibility index (Phi) is 6.11. The van der Waals surface area contributed by atoms with Crippen molar-refractivity contribution < 1.29 is 4.74 Å². The largest absolute Gasteiger partial charge is 0.457 e. The van der Waals surface area contributed by atoms with Gasteiger partial charge in [0.25, 0.3) is 5.56 Å². The first-order valence-electron chi connectivity index (χ1n) is 8.81. The van der Waals surface area contributed by atoms with E-state index in [0.717, 1.165) is 28.1 Å². The second-order valence-electron chi connectivity index (χ2n) is 6.32. The van der Waals surface area contributed by atoms with Gasteiger partial charge in [-0.3, -0.25) is 4.79 Å². The predicted octanol–water partition coefficient (Wildman–Crippen LogP) is 5.40. The van der Waals surface area contributed by atoms with E-state index in [-0.39, 0.29) is 5.56 Å². The van der Waals surface area contributed by atoms with E-state index in [2.05, 4.69) is 16.6 Å². The van der Waals surface area contributed by atoms with E-state index < -0.39 is 0 Å². The number of nitrogens with zero attached hydrogens (tertiary/aromatic N) is 1. The van der Waals surface area contributed by atoms with E-state index in [1.165, 1.54) is 11.9 Å². The van der Waals surface area contributed by atoms with Crippen molar-refractivity contribution in [2.45, 2.75) is 6.92 Å². The number of aryl methyl sites for hydroxylation is 2. The number of nitrogens with one attached hydrogen (secondary N) is 2. The fourth-order valence-corrected chi connectivity index (χ4v) is 3.21. The van der Waals surface area contributed by atoms with E-state index in [1.54, 1.807) is 24.1 Å². The minimum Gasteiger partial charge on any atom is -0.457 e. The lowest BCUT2D eigenvalue weighted by Crippen LogP contribution is -2.19. The summed E-state index contributed by atoms with van der Waals surface area (Å²) in [5, 5.41) is 4.69. The van der Waals surface area contributed by atoms with Gasteiger partial charge in [0.2, 0.25) is 0 Å². The standard InChI is InChI=1S/C22H23N3O2S/c1-5-28-24-17-9-10-21(27-18-8-6-7-15(2)11-18)19(13-17)16-12-20(23-3)22(26)25(4)14-16/h5-14,23-24H,1H2,2-4H3. The Hall–Kier alpha value is -3.12. The molecular weight excluding hydrogens is 370 g/mol. The normalized spacial score (nSPS) is 10.4. The van der Waals surface area contributed by atoms with Gasteiger partial charge >= 0.3 is 0 Å². The fourth-order valence-electron chi connectivity index (χ4n) is 2.86. The van der Waals surface area contributed by atoms with Gasteiger partial charge in [0.15, 0.2) is 0 Å². The van der Waals surface area contributed by atoms with Gasteiger partial charge in [-0.2, -0.15) is 0 Å². The second kappa shape index (κ2) is 8.71. The smallest absolute Gasteiger partial charge is 0.273 e. The molecule has 1 aromatic heterocycles. The quantitative estimate of drug-likeness (QED) is 0.527. The SMILES string of the molecule is C=CSNc1ccc(Oc2cccc(C)c2)c(-c2cc(NC)c(=O)n(C)c2)c1. The first kappa shape index (κ1) is 19.6. The lowest BCUT2D eigenvalue weighted by Gasteiger charge is -2.15. The summed E-state index contributed by atoms with van der Waals surface area (Å²) >= 11 is 1.40. The van der Waals surface area contributed by atoms with Gasteiger partial charge in [0.05, 0.1) is 0 Å². The van der Waals surface area contributed by atoms with Crippen LogP contribution in [0.5, 0.6) is 11.5 Å².